The van der Waals surface area contributed by atoms with Gasteiger partial charge in [0.15, 0.2) is 0 Å². The molecule has 0 saturated carbocycles. The summed E-state index contributed by atoms with van der Waals surface area (Å²) in [5.74, 6) is -0.237. The summed E-state index contributed by atoms with van der Waals surface area (Å²) >= 11 is 0. The van der Waals surface area contributed by atoms with Gasteiger partial charge >= 0.3 is 0 Å². The van der Waals surface area contributed by atoms with E-state index in [0.717, 1.165) is 45.1 Å². The predicted molar refractivity (Wildman–Crippen MR) is 165 cm³/mol. The molecule has 0 rings (SSSR count). The molecule has 0 aromatic heterocycles. The first-order valence-corrected chi connectivity index (χ1v) is 16.6. The molecule has 0 unspecified atom stereocenters. The first kappa shape index (κ1) is 38.3. The molecular weight excluding hydrogens is 504 g/mol. The summed E-state index contributed by atoms with van der Waals surface area (Å²) in [5, 5.41) is 18.1. The number of carbonyl (C=O) groups excluding carboxylic acids is 3. The lowest BCUT2D eigenvalue weighted by Gasteiger charge is -2.18. The molecule has 236 valence electrons. The Kier molecular flexibility index (Phi) is 26.3. The molecular formula is C32H65N4O4+. The number of rotatable bonds is 29. The average molecular weight is 570 g/mol. The summed E-state index contributed by atoms with van der Waals surface area (Å²) in [6.07, 6.45) is 24.4. The molecule has 0 fully saturated rings. The fraction of sp³-hybridized carbons (Fsp3) is 0.906. The Bertz CT molecular complexity index is 623. The van der Waals surface area contributed by atoms with E-state index in [1.807, 2.05) is 0 Å². The van der Waals surface area contributed by atoms with E-state index in [-0.39, 0.29) is 35.2 Å². The number of hydrogen-bond acceptors (Lipinski definition) is 4. The topological polar surface area (TPSA) is 108 Å². The highest BCUT2D eigenvalue weighted by Crippen LogP contribution is 2.13. The monoisotopic (exact) mass is 570 g/mol. The fourth-order valence-electron chi connectivity index (χ4n) is 4.76. The Morgan fingerprint density at radius 2 is 0.825 bits per heavy atom. The minimum Gasteiger partial charge on any atom is -0.356 e. The van der Waals surface area contributed by atoms with Crippen molar-refractivity contribution in [2.75, 3.05) is 40.3 Å². The van der Waals surface area contributed by atoms with E-state index in [0.29, 0.717) is 26.1 Å². The maximum Gasteiger partial charge on any atom is 0.220 e. The normalized spacial score (nSPS) is 11.4. The van der Waals surface area contributed by atoms with Gasteiger partial charge in [0.25, 0.3) is 0 Å². The van der Waals surface area contributed by atoms with Gasteiger partial charge < -0.3 is 16.0 Å². The number of carbonyl (C=O) groups is 3. The first-order chi connectivity index (χ1) is 19.2. The standard InChI is InChI=1S/C32H64N4O4/c1-4-5-6-7-8-9-10-11-12-13-14-15-16-17-20-23-30(37)34-27-28-35-32(39)25-24-31(38)33-26-21-18-19-22-29-36(2,3)40/h40H,4-29H2,1-3H3,(H2-,33,34,35,37,38,39)/p+1. The lowest BCUT2D eigenvalue weighted by molar-refractivity contribution is -1.07. The van der Waals surface area contributed by atoms with Gasteiger partial charge in [-0.25, -0.2) is 5.21 Å². The molecule has 0 heterocycles. The summed E-state index contributed by atoms with van der Waals surface area (Å²) in [6, 6.07) is 0. The highest BCUT2D eigenvalue weighted by atomic mass is 16.5. The van der Waals surface area contributed by atoms with E-state index in [1.54, 1.807) is 14.1 Å². The molecule has 0 saturated heterocycles. The zero-order valence-electron chi connectivity index (χ0n) is 26.5. The smallest absolute Gasteiger partial charge is 0.220 e. The Morgan fingerprint density at radius 1 is 0.475 bits per heavy atom. The number of nitrogens with one attached hydrogen (secondary N) is 3. The molecule has 0 radical (unpaired) electrons. The van der Waals surface area contributed by atoms with E-state index in [4.69, 9.17) is 0 Å². The van der Waals surface area contributed by atoms with Crippen LogP contribution in [-0.2, 0) is 14.4 Å². The van der Waals surface area contributed by atoms with Crippen molar-refractivity contribution in [3.05, 3.63) is 0 Å². The third-order valence-corrected chi connectivity index (χ3v) is 7.31. The number of quaternary nitrogens is 1. The van der Waals surface area contributed by atoms with Gasteiger partial charge in [0.2, 0.25) is 17.7 Å². The third-order valence-electron chi connectivity index (χ3n) is 7.31. The van der Waals surface area contributed by atoms with Crippen molar-refractivity contribution < 1.29 is 24.2 Å². The third kappa shape index (κ3) is 30.9. The van der Waals surface area contributed by atoms with Crippen molar-refractivity contribution in [1.29, 1.82) is 0 Å². The van der Waals surface area contributed by atoms with Gasteiger partial charge in [0.1, 0.15) is 6.54 Å². The van der Waals surface area contributed by atoms with E-state index in [2.05, 4.69) is 22.9 Å². The van der Waals surface area contributed by atoms with Gasteiger partial charge in [0, 0.05) is 38.9 Å². The van der Waals surface area contributed by atoms with Crippen molar-refractivity contribution in [3.8, 4) is 0 Å². The SMILES string of the molecule is CCCCCCCCCCCCCCCCCC(=O)NCCNC(=O)CCC(=O)NCCCCCC[N+](C)(C)O. The van der Waals surface area contributed by atoms with E-state index in [9.17, 15) is 19.6 Å². The van der Waals surface area contributed by atoms with Crippen molar-refractivity contribution in [1.82, 2.24) is 16.0 Å². The molecule has 8 nitrogen and oxygen atoms in total. The van der Waals surface area contributed by atoms with Crippen LogP contribution in [0.5, 0.6) is 0 Å². The molecule has 4 N–H and O–H groups in total. The molecule has 0 aliphatic carbocycles. The summed E-state index contributed by atoms with van der Waals surface area (Å²) in [5.41, 5.74) is 0. The summed E-state index contributed by atoms with van der Waals surface area (Å²) in [4.78, 5) is 35.8. The second-order valence-electron chi connectivity index (χ2n) is 12.0. The Labute approximate surface area is 246 Å². The molecule has 0 aliphatic heterocycles. The summed E-state index contributed by atoms with van der Waals surface area (Å²) in [7, 11) is 3.52. The van der Waals surface area contributed by atoms with Crippen molar-refractivity contribution in [3.63, 3.8) is 0 Å². The zero-order valence-corrected chi connectivity index (χ0v) is 26.5. The van der Waals surface area contributed by atoms with Crippen LogP contribution in [0.4, 0.5) is 0 Å². The molecule has 0 aromatic carbocycles. The van der Waals surface area contributed by atoms with Crippen LogP contribution < -0.4 is 16.0 Å². The Balaban J connectivity index is 3.41. The Hall–Kier alpha value is -1.67. The van der Waals surface area contributed by atoms with Gasteiger partial charge in [0.05, 0.1) is 14.1 Å². The fourth-order valence-corrected chi connectivity index (χ4v) is 4.76. The lowest BCUT2D eigenvalue weighted by Crippen LogP contribution is -2.36. The number of hydroxylamine groups is 3. The minimum absolute atomic E-state index is 0.00919. The molecule has 0 aliphatic rings. The highest BCUT2D eigenvalue weighted by molar-refractivity contribution is 5.83. The van der Waals surface area contributed by atoms with Gasteiger partial charge in [-0.15, -0.1) is 0 Å². The van der Waals surface area contributed by atoms with Crippen LogP contribution in [0, 0.1) is 0 Å². The van der Waals surface area contributed by atoms with Crippen LogP contribution in [0.25, 0.3) is 0 Å². The Morgan fingerprint density at radius 3 is 1.27 bits per heavy atom. The van der Waals surface area contributed by atoms with E-state index < -0.39 is 0 Å². The lowest BCUT2D eigenvalue weighted by atomic mass is 10.0. The summed E-state index contributed by atoms with van der Waals surface area (Å²) in [6.45, 7) is 4.41. The van der Waals surface area contributed by atoms with Gasteiger partial charge in [-0.3, -0.25) is 14.4 Å². The molecule has 3 amide bonds. The van der Waals surface area contributed by atoms with Crippen molar-refractivity contribution in [2.45, 2.75) is 148 Å². The molecule has 40 heavy (non-hydrogen) atoms. The van der Waals surface area contributed by atoms with E-state index in [1.165, 1.54) is 83.5 Å². The largest absolute Gasteiger partial charge is 0.356 e. The number of hydrogen-bond donors (Lipinski definition) is 4. The zero-order chi connectivity index (χ0) is 29.7. The number of amides is 3. The van der Waals surface area contributed by atoms with Crippen LogP contribution in [0.3, 0.4) is 0 Å². The van der Waals surface area contributed by atoms with Crippen LogP contribution in [0.1, 0.15) is 148 Å². The number of unbranched alkanes of at least 4 members (excludes halogenated alkanes) is 17. The minimum atomic E-state index is -0.170. The molecule has 0 atom stereocenters. The second-order valence-corrected chi connectivity index (χ2v) is 12.0. The van der Waals surface area contributed by atoms with Gasteiger partial charge in [-0.05, 0) is 25.7 Å². The highest BCUT2D eigenvalue weighted by Gasteiger charge is 2.09. The maximum atomic E-state index is 12.0. The van der Waals surface area contributed by atoms with Gasteiger partial charge in [-0.2, -0.15) is 4.65 Å². The molecule has 8 heteroatoms. The van der Waals surface area contributed by atoms with Crippen molar-refractivity contribution in [2.24, 2.45) is 0 Å². The molecule has 0 aromatic rings. The van der Waals surface area contributed by atoms with Crippen molar-refractivity contribution >= 4 is 17.7 Å². The van der Waals surface area contributed by atoms with Crippen LogP contribution >= 0.6 is 0 Å². The second kappa shape index (κ2) is 27.5. The average Bonchev–Trinajstić information content (AvgIpc) is 2.91. The first-order valence-electron chi connectivity index (χ1n) is 16.6. The van der Waals surface area contributed by atoms with Crippen LogP contribution in [0.15, 0.2) is 0 Å². The maximum absolute atomic E-state index is 12.0. The van der Waals surface area contributed by atoms with Crippen LogP contribution in [0.2, 0.25) is 0 Å². The van der Waals surface area contributed by atoms with E-state index >= 15 is 0 Å². The molecule has 0 bridgehead atoms. The quantitative estimate of drug-likeness (QED) is 0.0475. The van der Waals surface area contributed by atoms with Gasteiger partial charge in [-0.1, -0.05) is 103 Å². The number of nitrogens with zero attached hydrogens (tertiary/aromatic N) is 1. The predicted octanol–water partition coefficient (Wildman–Crippen LogP) is 6.40. The summed E-state index contributed by atoms with van der Waals surface area (Å²) < 4.78 is -0.00919. The van der Waals surface area contributed by atoms with Crippen LogP contribution in [-0.4, -0.2) is 67.8 Å². The molecule has 0 spiro atoms.